The van der Waals surface area contributed by atoms with Crippen molar-refractivity contribution in [2.75, 3.05) is 5.75 Å². The number of thioether (sulfide) groups is 1. The second kappa shape index (κ2) is 2.12. The Morgan fingerprint density at radius 2 is 2.70 bits per heavy atom. The molecule has 2 rings (SSSR count). The highest BCUT2D eigenvalue weighted by Crippen LogP contribution is 2.26. The minimum atomic E-state index is 0.725. The van der Waals surface area contributed by atoms with Crippen molar-refractivity contribution in [1.82, 2.24) is 9.78 Å². The highest BCUT2D eigenvalue weighted by molar-refractivity contribution is 7.99. The van der Waals surface area contributed by atoms with Crippen molar-refractivity contribution in [3.8, 4) is 0 Å². The molecule has 1 aliphatic heterocycles. The van der Waals surface area contributed by atoms with Crippen LogP contribution in [-0.2, 0) is 6.54 Å². The van der Waals surface area contributed by atoms with E-state index in [4.69, 9.17) is 0 Å². The van der Waals surface area contributed by atoms with Crippen molar-refractivity contribution in [3.05, 3.63) is 11.8 Å². The summed E-state index contributed by atoms with van der Waals surface area (Å²) in [5.41, 5.74) is 0.725. The zero-order valence-electron chi connectivity index (χ0n) is 5.28. The van der Waals surface area contributed by atoms with Crippen molar-refractivity contribution in [3.63, 3.8) is 0 Å². The molecule has 0 radical (unpaired) electrons. The first-order valence-electron chi connectivity index (χ1n) is 3.05. The fourth-order valence-corrected chi connectivity index (χ4v) is 2.03. The third kappa shape index (κ3) is 0.686. The molecule has 0 spiro atoms. The number of hydrogen-bond acceptors (Lipinski definition) is 3. The van der Waals surface area contributed by atoms with E-state index in [2.05, 4.69) is 5.10 Å². The first kappa shape index (κ1) is 5.97. The van der Waals surface area contributed by atoms with Crippen molar-refractivity contribution in [2.45, 2.75) is 11.6 Å². The van der Waals surface area contributed by atoms with Gasteiger partial charge in [0.2, 0.25) is 0 Å². The molecule has 4 heteroatoms. The average molecular weight is 154 g/mol. The van der Waals surface area contributed by atoms with Gasteiger partial charge in [0.25, 0.3) is 0 Å². The number of aryl methyl sites for hydroxylation is 1. The van der Waals surface area contributed by atoms with E-state index in [1.807, 2.05) is 4.68 Å². The van der Waals surface area contributed by atoms with Crippen molar-refractivity contribution >= 4 is 18.0 Å². The van der Waals surface area contributed by atoms with Gasteiger partial charge >= 0.3 is 0 Å². The molecule has 0 saturated carbocycles. The molecule has 0 N–H and O–H groups in total. The van der Waals surface area contributed by atoms with Gasteiger partial charge in [-0.05, 0) is 0 Å². The van der Waals surface area contributed by atoms with Crippen LogP contribution in [0.25, 0.3) is 0 Å². The van der Waals surface area contributed by atoms with E-state index in [9.17, 15) is 4.79 Å². The Bertz CT molecular complexity index is 269. The molecule has 0 atom stereocenters. The largest absolute Gasteiger partial charge is 0.298 e. The van der Waals surface area contributed by atoms with Crippen molar-refractivity contribution in [2.24, 2.45) is 0 Å². The van der Waals surface area contributed by atoms with E-state index in [0.717, 1.165) is 29.2 Å². The maximum Gasteiger partial charge on any atom is 0.154 e. The Balaban J connectivity index is 2.53. The second-order valence-corrected chi connectivity index (χ2v) is 3.18. The summed E-state index contributed by atoms with van der Waals surface area (Å²) in [6.07, 6.45) is 2.48. The van der Waals surface area contributed by atoms with Crippen LogP contribution in [0.15, 0.2) is 11.2 Å². The van der Waals surface area contributed by atoms with Crippen LogP contribution in [0.4, 0.5) is 0 Å². The summed E-state index contributed by atoms with van der Waals surface area (Å²) >= 11 is 1.69. The molecule has 52 valence electrons. The van der Waals surface area contributed by atoms with E-state index in [-0.39, 0.29) is 0 Å². The van der Waals surface area contributed by atoms with Crippen LogP contribution in [0.5, 0.6) is 0 Å². The SMILES string of the molecule is O=Cc1cnn2c1SCC2. The number of rotatable bonds is 1. The van der Waals surface area contributed by atoms with E-state index >= 15 is 0 Å². The van der Waals surface area contributed by atoms with Crippen LogP contribution in [0.1, 0.15) is 10.4 Å². The minimum Gasteiger partial charge on any atom is -0.298 e. The maximum absolute atomic E-state index is 10.4. The summed E-state index contributed by atoms with van der Waals surface area (Å²) in [6, 6.07) is 0. The van der Waals surface area contributed by atoms with Crippen LogP contribution in [-0.4, -0.2) is 21.8 Å². The summed E-state index contributed by atoms with van der Waals surface area (Å²) < 4.78 is 1.87. The standard InChI is InChI=1S/C6H6N2OS/c9-4-5-3-7-8-1-2-10-6(5)8/h3-4H,1-2H2. The van der Waals surface area contributed by atoms with Gasteiger partial charge < -0.3 is 0 Å². The lowest BCUT2D eigenvalue weighted by Gasteiger charge is -1.88. The Labute approximate surface area is 62.4 Å². The molecule has 2 heterocycles. The van der Waals surface area contributed by atoms with E-state index in [0.29, 0.717) is 0 Å². The molecule has 0 aromatic carbocycles. The van der Waals surface area contributed by atoms with Gasteiger partial charge in [0.1, 0.15) is 5.03 Å². The zero-order chi connectivity index (χ0) is 6.97. The number of fused-ring (bicyclic) bond motifs is 1. The molecule has 10 heavy (non-hydrogen) atoms. The number of nitrogens with zero attached hydrogens (tertiary/aromatic N) is 2. The van der Waals surface area contributed by atoms with E-state index < -0.39 is 0 Å². The van der Waals surface area contributed by atoms with Gasteiger partial charge in [-0.3, -0.25) is 9.48 Å². The molecule has 1 aromatic rings. The molecular weight excluding hydrogens is 148 g/mol. The summed E-state index contributed by atoms with van der Waals surface area (Å²) in [6.45, 7) is 0.938. The third-order valence-electron chi connectivity index (χ3n) is 1.49. The molecule has 1 aliphatic rings. The van der Waals surface area contributed by atoms with Crippen molar-refractivity contribution < 1.29 is 4.79 Å². The summed E-state index contributed by atoms with van der Waals surface area (Å²) in [7, 11) is 0. The van der Waals surface area contributed by atoms with Gasteiger partial charge in [-0.1, -0.05) is 0 Å². The van der Waals surface area contributed by atoms with Crippen LogP contribution in [0, 0.1) is 0 Å². The van der Waals surface area contributed by atoms with Crippen molar-refractivity contribution in [1.29, 1.82) is 0 Å². The Morgan fingerprint density at radius 1 is 1.80 bits per heavy atom. The first-order chi connectivity index (χ1) is 4.92. The van der Waals surface area contributed by atoms with E-state index in [1.165, 1.54) is 0 Å². The molecule has 0 amide bonds. The van der Waals surface area contributed by atoms with Gasteiger partial charge in [-0.15, -0.1) is 11.8 Å². The predicted molar refractivity (Wildman–Crippen MR) is 38.3 cm³/mol. The molecule has 0 fully saturated rings. The lowest BCUT2D eigenvalue weighted by molar-refractivity contribution is 0.112. The van der Waals surface area contributed by atoms with Crippen LogP contribution < -0.4 is 0 Å². The second-order valence-electron chi connectivity index (χ2n) is 2.09. The molecule has 0 unspecified atom stereocenters. The van der Waals surface area contributed by atoms with Gasteiger partial charge in [0.05, 0.1) is 18.3 Å². The number of aromatic nitrogens is 2. The summed E-state index contributed by atoms with van der Waals surface area (Å²) in [5.74, 6) is 1.05. The molecule has 3 nitrogen and oxygen atoms in total. The molecular formula is C6H6N2OS. The third-order valence-corrected chi connectivity index (χ3v) is 2.59. The molecule has 0 aliphatic carbocycles. The number of carbonyl (C=O) groups excluding carboxylic acids is 1. The zero-order valence-corrected chi connectivity index (χ0v) is 6.10. The Morgan fingerprint density at radius 3 is 3.50 bits per heavy atom. The number of carbonyl (C=O) groups is 1. The van der Waals surface area contributed by atoms with Crippen LogP contribution in [0.3, 0.4) is 0 Å². The highest BCUT2D eigenvalue weighted by Gasteiger charge is 2.15. The van der Waals surface area contributed by atoms with Gasteiger partial charge in [0, 0.05) is 5.75 Å². The fraction of sp³-hybridized carbons (Fsp3) is 0.333. The topological polar surface area (TPSA) is 34.9 Å². The Hall–Kier alpha value is -0.770. The van der Waals surface area contributed by atoms with Crippen LogP contribution >= 0.6 is 11.8 Å². The average Bonchev–Trinajstić information content (AvgIpc) is 2.44. The predicted octanol–water partition coefficient (Wildman–Crippen LogP) is 0.801. The first-order valence-corrected chi connectivity index (χ1v) is 4.04. The lowest BCUT2D eigenvalue weighted by Crippen LogP contribution is -1.94. The normalized spacial score (nSPS) is 15.2. The quantitative estimate of drug-likeness (QED) is 0.561. The van der Waals surface area contributed by atoms with Gasteiger partial charge in [0.15, 0.2) is 6.29 Å². The Kier molecular flexibility index (Phi) is 1.27. The highest BCUT2D eigenvalue weighted by atomic mass is 32.2. The van der Waals surface area contributed by atoms with Gasteiger partial charge in [-0.25, -0.2) is 0 Å². The smallest absolute Gasteiger partial charge is 0.154 e. The number of aldehydes is 1. The fourth-order valence-electron chi connectivity index (χ4n) is 1.02. The monoisotopic (exact) mass is 154 g/mol. The molecule has 0 saturated heterocycles. The van der Waals surface area contributed by atoms with Gasteiger partial charge in [-0.2, -0.15) is 5.10 Å². The summed E-state index contributed by atoms with van der Waals surface area (Å²) in [4.78, 5) is 10.4. The molecule has 1 aromatic heterocycles. The maximum atomic E-state index is 10.4. The van der Waals surface area contributed by atoms with E-state index in [1.54, 1.807) is 18.0 Å². The molecule has 0 bridgehead atoms. The minimum absolute atomic E-state index is 0.725. The lowest BCUT2D eigenvalue weighted by atomic mass is 10.4. The number of hydrogen-bond donors (Lipinski definition) is 0. The summed E-state index contributed by atoms with van der Waals surface area (Å²) in [5, 5.41) is 5.06. The van der Waals surface area contributed by atoms with Crippen LogP contribution in [0.2, 0.25) is 0 Å².